The third kappa shape index (κ3) is 7.98. The highest BCUT2D eigenvalue weighted by Crippen LogP contribution is 2.31. The average Bonchev–Trinajstić information content (AvgIpc) is 2.96. The third-order valence-electron chi connectivity index (χ3n) is 6.44. The van der Waals surface area contributed by atoms with Crippen LogP contribution in [-0.2, 0) is 4.74 Å². The number of carboxylic acid groups (broad SMARTS) is 1. The number of likely N-dealkylation sites (N-methyl/N-ethyl adjacent to an activating group) is 1. The molecule has 0 bridgehead atoms. The summed E-state index contributed by atoms with van der Waals surface area (Å²) < 4.78 is 5.49. The maximum atomic E-state index is 12.7. The largest absolute Gasteiger partial charge is 0.478 e. The molecule has 0 atom stereocenters. The number of nitrogens with zero attached hydrogens (tertiary/aromatic N) is 5. The van der Waals surface area contributed by atoms with Gasteiger partial charge in [0.1, 0.15) is 17.2 Å². The summed E-state index contributed by atoms with van der Waals surface area (Å²) in [7, 11) is 0. The highest BCUT2D eigenvalue weighted by Gasteiger charge is 2.21. The van der Waals surface area contributed by atoms with Crippen LogP contribution in [0.4, 0.5) is 39.3 Å². The number of anilines is 6. The Labute approximate surface area is 244 Å². The summed E-state index contributed by atoms with van der Waals surface area (Å²) in [4.78, 5) is 37.2. The van der Waals surface area contributed by atoms with Gasteiger partial charge < -0.3 is 25.0 Å². The van der Waals surface area contributed by atoms with Gasteiger partial charge in [-0.1, -0.05) is 6.92 Å². The number of piperazine rings is 1. The fraction of sp³-hybridized carbons (Fsp3) is 0.345. The molecule has 1 aromatic heterocycles. The predicted molar refractivity (Wildman–Crippen MR) is 161 cm³/mol. The van der Waals surface area contributed by atoms with E-state index in [0.717, 1.165) is 38.4 Å². The molecule has 4 rings (SSSR count). The Morgan fingerprint density at radius 1 is 1.05 bits per heavy atom. The molecule has 220 valence electrons. The lowest BCUT2D eigenvalue weighted by molar-refractivity contribution is 0.0634. The van der Waals surface area contributed by atoms with E-state index in [1.165, 1.54) is 18.3 Å². The van der Waals surface area contributed by atoms with Gasteiger partial charge in [0.25, 0.3) is 0 Å². The lowest BCUT2D eigenvalue weighted by Gasteiger charge is -2.35. The molecule has 0 aliphatic carbocycles. The van der Waals surface area contributed by atoms with E-state index in [2.05, 4.69) is 48.2 Å². The fourth-order valence-corrected chi connectivity index (χ4v) is 4.24. The Balaban J connectivity index is 1.56. The van der Waals surface area contributed by atoms with Crippen molar-refractivity contribution in [3.8, 4) is 6.07 Å². The molecule has 1 fully saturated rings. The number of aromatic carboxylic acids is 1. The summed E-state index contributed by atoms with van der Waals surface area (Å²) in [6.45, 7) is 12.2. The Morgan fingerprint density at radius 3 is 2.38 bits per heavy atom. The van der Waals surface area contributed by atoms with Crippen molar-refractivity contribution in [2.75, 3.05) is 59.1 Å². The molecule has 13 heteroatoms. The molecule has 2 aromatic carbocycles. The van der Waals surface area contributed by atoms with Crippen LogP contribution in [0.1, 0.15) is 43.6 Å². The first-order chi connectivity index (χ1) is 20.0. The zero-order valence-electron chi connectivity index (χ0n) is 24.1. The van der Waals surface area contributed by atoms with Gasteiger partial charge in [0.2, 0.25) is 5.95 Å². The molecule has 13 nitrogen and oxygen atoms in total. The summed E-state index contributed by atoms with van der Waals surface area (Å²) in [5, 5.41) is 24.6. The number of nitriles is 1. The minimum Gasteiger partial charge on any atom is -0.478 e. The van der Waals surface area contributed by atoms with Gasteiger partial charge in [-0.2, -0.15) is 10.2 Å². The first-order valence-corrected chi connectivity index (χ1v) is 13.6. The number of rotatable bonds is 9. The highest BCUT2D eigenvalue weighted by atomic mass is 16.6. The van der Waals surface area contributed by atoms with Crippen LogP contribution in [0.2, 0.25) is 0 Å². The number of hydrogen-bond donors (Lipinski definition) is 5. The monoisotopic (exact) mass is 573 g/mol. The molecular weight excluding hydrogens is 538 g/mol. The van der Waals surface area contributed by atoms with E-state index in [9.17, 15) is 14.9 Å². The minimum atomic E-state index is -1.03. The number of hydrazine groups is 1. The zero-order valence-corrected chi connectivity index (χ0v) is 24.1. The second kappa shape index (κ2) is 13.0. The molecular formula is C29H35N9O4. The predicted octanol–water partition coefficient (Wildman–Crippen LogP) is 4.72. The van der Waals surface area contributed by atoms with Gasteiger partial charge >= 0.3 is 12.1 Å². The number of carbonyl (C=O) groups excluding carboxylic acids is 1. The van der Waals surface area contributed by atoms with Gasteiger partial charge in [0.15, 0.2) is 5.82 Å². The van der Waals surface area contributed by atoms with Crippen molar-refractivity contribution in [3.63, 3.8) is 0 Å². The van der Waals surface area contributed by atoms with Crippen LogP contribution in [-0.4, -0.2) is 70.4 Å². The second-order valence-corrected chi connectivity index (χ2v) is 10.6. The summed E-state index contributed by atoms with van der Waals surface area (Å²) in [5.74, 6) is -0.652. The Morgan fingerprint density at radius 2 is 1.76 bits per heavy atom. The third-order valence-corrected chi connectivity index (χ3v) is 6.44. The number of ether oxygens (including phenoxy) is 1. The van der Waals surface area contributed by atoms with Crippen LogP contribution in [0, 0.1) is 11.3 Å². The van der Waals surface area contributed by atoms with E-state index in [1.807, 2.05) is 24.3 Å². The van der Waals surface area contributed by atoms with Gasteiger partial charge in [-0.15, -0.1) is 0 Å². The van der Waals surface area contributed by atoms with Gasteiger partial charge in [-0.25, -0.2) is 14.6 Å². The number of benzene rings is 2. The summed E-state index contributed by atoms with van der Waals surface area (Å²) >= 11 is 0. The average molecular weight is 574 g/mol. The Hall–Kier alpha value is -5.09. The lowest BCUT2D eigenvalue weighted by Crippen LogP contribution is -2.46. The smallest absolute Gasteiger partial charge is 0.412 e. The first kappa shape index (κ1) is 29.9. The molecule has 3 aromatic rings. The molecule has 0 unspecified atom stereocenters. The first-order valence-electron chi connectivity index (χ1n) is 13.6. The van der Waals surface area contributed by atoms with Crippen molar-refractivity contribution in [3.05, 3.63) is 59.8 Å². The number of hydrogen-bond acceptors (Lipinski definition) is 11. The Bertz CT molecular complexity index is 1460. The molecule has 0 spiro atoms. The van der Waals surface area contributed by atoms with E-state index in [-0.39, 0.29) is 22.9 Å². The van der Waals surface area contributed by atoms with Crippen LogP contribution in [0.5, 0.6) is 0 Å². The van der Waals surface area contributed by atoms with Crippen molar-refractivity contribution in [1.29, 1.82) is 5.26 Å². The molecule has 1 saturated heterocycles. The lowest BCUT2D eigenvalue weighted by atomic mass is 10.2. The van der Waals surface area contributed by atoms with Gasteiger partial charge in [0.05, 0.1) is 28.8 Å². The van der Waals surface area contributed by atoms with E-state index in [0.29, 0.717) is 17.1 Å². The van der Waals surface area contributed by atoms with Gasteiger partial charge in [-0.05, 0) is 69.8 Å². The number of amides is 1. The molecule has 5 N–H and O–H groups in total. The molecule has 1 aliphatic heterocycles. The molecule has 2 heterocycles. The highest BCUT2D eigenvalue weighted by molar-refractivity contribution is 5.92. The number of aromatic nitrogens is 2. The van der Waals surface area contributed by atoms with E-state index in [1.54, 1.807) is 32.9 Å². The van der Waals surface area contributed by atoms with Crippen molar-refractivity contribution in [1.82, 2.24) is 14.9 Å². The number of nitrogens with one attached hydrogen (secondary N) is 4. The second-order valence-electron chi connectivity index (χ2n) is 10.6. The Kier molecular flexibility index (Phi) is 9.28. The van der Waals surface area contributed by atoms with E-state index >= 15 is 0 Å². The standard InChI is InChI=1S/C29H35N9O4/c1-5-37-12-14-38(15-13-37)22-10-11-23(24(16-22)33-28(41)42-29(2,3)4)32-27-31-18-20(17-30)25(34-27)36-35-21-8-6-19(7-9-21)26(39)40/h6-11,16,18,35H,5,12-15H2,1-4H3,(H,33,41)(H,39,40)(H2,31,32,34,36). The zero-order chi connectivity index (χ0) is 30.3. The normalized spacial score (nSPS) is 13.5. The van der Waals surface area contributed by atoms with Crippen molar-refractivity contribution in [2.24, 2.45) is 0 Å². The maximum absolute atomic E-state index is 12.7. The number of carboxylic acids is 1. The quantitative estimate of drug-likeness (QED) is 0.224. The molecule has 0 radical (unpaired) electrons. The summed E-state index contributed by atoms with van der Waals surface area (Å²) in [6.07, 6.45) is 0.773. The van der Waals surface area contributed by atoms with Crippen molar-refractivity contribution in [2.45, 2.75) is 33.3 Å². The van der Waals surface area contributed by atoms with E-state index < -0.39 is 17.7 Å². The number of carbonyl (C=O) groups is 2. The van der Waals surface area contributed by atoms with Crippen LogP contribution >= 0.6 is 0 Å². The van der Waals surface area contributed by atoms with Gasteiger partial charge in [0, 0.05) is 31.9 Å². The molecule has 0 saturated carbocycles. The van der Waals surface area contributed by atoms with Crippen LogP contribution in [0.3, 0.4) is 0 Å². The maximum Gasteiger partial charge on any atom is 0.412 e. The van der Waals surface area contributed by atoms with Crippen LogP contribution in [0.25, 0.3) is 0 Å². The summed E-state index contributed by atoms with van der Waals surface area (Å²) in [6, 6.07) is 13.8. The fourth-order valence-electron chi connectivity index (χ4n) is 4.24. The molecule has 1 amide bonds. The van der Waals surface area contributed by atoms with Crippen molar-refractivity contribution < 1.29 is 19.4 Å². The summed E-state index contributed by atoms with van der Waals surface area (Å²) in [5.41, 5.74) is 7.99. The van der Waals surface area contributed by atoms with Crippen LogP contribution < -0.4 is 26.4 Å². The SMILES string of the molecule is CCN1CCN(c2ccc(Nc3ncc(C#N)c(NNc4ccc(C(=O)O)cc4)n3)c(NC(=O)OC(C)(C)C)c2)CC1. The van der Waals surface area contributed by atoms with E-state index in [4.69, 9.17) is 9.84 Å². The minimum absolute atomic E-state index is 0.150. The van der Waals surface area contributed by atoms with Crippen LogP contribution in [0.15, 0.2) is 48.7 Å². The molecule has 1 aliphatic rings. The molecule has 42 heavy (non-hydrogen) atoms. The van der Waals surface area contributed by atoms with Gasteiger partial charge in [-0.3, -0.25) is 16.2 Å². The topological polar surface area (TPSA) is 168 Å². The van der Waals surface area contributed by atoms with Crippen molar-refractivity contribution >= 4 is 46.6 Å².